The van der Waals surface area contributed by atoms with E-state index < -0.39 is 33.8 Å². The monoisotopic (exact) mass is 298 g/mol. The summed E-state index contributed by atoms with van der Waals surface area (Å²) < 4.78 is 18.3. The first-order valence-corrected chi connectivity index (χ1v) is 6.60. The number of amides is 1. The van der Waals surface area contributed by atoms with Gasteiger partial charge in [0.05, 0.1) is 4.92 Å². The van der Waals surface area contributed by atoms with E-state index >= 15 is 0 Å². The summed E-state index contributed by atoms with van der Waals surface area (Å²) in [6, 6.07) is 2.76. The second-order valence-electron chi connectivity index (χ2n) is 5.56. The third kappa shape index (κ3) is 4.40. The van der Waals surface area contributed by atoms with Crippen LogP contribution in [0.15, 0.2) is 18.2 Å². The highest BCUT2D eigenvalue weighted by Gasteiger charge is 2.29. The lowest BCUT2D eigenvalue weighted by atomic mass is 10.1. The number of carbonyl (C=O) groups is 1. The molecule has 0 heterocycles. The first kappa shape index (κ1) is 16.9. The molecule has 0 aliphatic heterocycles. The summed E-state index contributed by atoms with van der Waals surface area (Å²) in [4.78, 5) is 23.8. The van der Waals surface area contributed by atoms with Gasteiger partial charge in [0.15, 0.2) is 0 Å². The van der Waals surface area contributed by atoms with Gasteiger partial charge in [0.1, 0.15) is 5.82 Å². The van der Waals surface area contributed by atoms with Gasteiger partial charge in [-0.15, -0.1) is 0 Å². The Bertz CT molecular complexity index is 540. The van der Waals surface area contributed by atoms with Crippen molar-refractivity contribution in [2.45, 2.75) is 39.7 Å². The number of hydrogen-bond donors (Lipinski definition) is 0. The Kier molecular flexibility index (Phi) is 5.23. The van der Waals surface area contributed by atoms with Crippen molar-refractivity contribution in [1.82, 2.24) is 4.90 Å². The van der Waals surface area contributed by atoms with Gasteiger partial charge in [0.2, 0.25) is 5.75 Å². The van der Waals surface area contributed by atoms with E-state index in [0.29, 0.717) is 13.0 Å². The Labute approximate surface area is 122 Å². The molecular formula is C14H19FN2O4. The SMILES string of the molecule is CCCN(C(=O)Oc1cc(F)ccc1[N+](=O)[O-])C(C)(C)C. The largest absolute Gasteiger partial charge is 0.415 e. The summed E-state index contributed by atoms with van der Waals surface area (Å²) in [5, 5.41) is 10.9. The van der Waals surface area contributed by atoms with Gasteiger partial charge in [0.25, 0.3) is 0 Å². The average molecular weight is 298 g/mol. The first-order chi connectivity index (χ1) is 9.66. The van der Waals surface area contributed by atoms with Gasteiger partial charge in [-0.2, -0.15) is 0 Å². The second-order valence-corrected chi connectivity index (χ2v) is 5.56. The van der Waals surface area contributed by atoms with Gasteiger partial charge in [-0.3, -0.25) is 10.1 Å². The first-order valence-electron chi connectivity index (χ1n) is 6.60. The number of nitro benzene ring substituents is 1. The van der Waals surface area contributed by atoms with Crippen LogP contribution in [0.3, 0.4) is 0 Å². The molecule has 0 bridgehead atoms. The van der Waals surface area contributed by atoms with E-state index in [2.05, 4.69) is 0 Å². The molecule has 116 valence electrons. The number of nitro groups is 1. The maximum Gasteiger partial charge on any atom is 0.415 e. The van der Waals surface area contributed by atoms with Crippen LogP contribution in [-0.4, -0.2) is 28.0 Å². The standard InChI is InChI=1S/C14H19FN2O4/c1-5-8-16(14(2,3)4)13(18)21-12-9-10(15)6-7-11(12)17(19)20/h6-7,9H,5,8H2,1-4H3. The molecule has 21 heavy (non-hydrogen) atoms. The molecule has 0 saturated carbocycles. The van der Waals surface area contributed by atoms with Crippen molar-refractivity contribution in [2.24, 2.45) is 0 Å². The summed E-state index contributed by atoms with van der Waals surface area (Å²) in [7, 11) is 0. The van der Waals surface area contributed by atoms with Crippen LogP contribution in [0.4, 0.5) is 14.9 Å². The van der Waals surface area contributed by atoms with Crippen LogP contribution in [0, 0.1) is 15.9 Å². The molecule has 0 aliphatic rings. The van der Waals surface area contributed by atoms with Crippen LogP contribution in [0.1, 0.15) is 34.1 Å². The summed E-state index contributed by atoms with van der Waals surface area (Å²) >= 11 is 0. The van der Waals surface area contributed by atoms with Crippen molar-refractivity contribution in [2.75, 3.05) is 6.54 Å². The number of halogens is 1. The lowest BCUT2D eigenvalue weighted by molar-refractivity contribution is -0.385. The zero-order valence-electron chi connectivity index (χ0n) is 12.6. The van der Waals surface area contributed by atoms with Crippen LogP contribution < -0.4 is 4.74 Å². The maximum absolute atomic E-state index is 13.2. The molecule has 1 aromatic carbocycles. The fourth-order valence-corrected chi connectivity index (χ4v) is 1.79. The highest BCUT2D eigenvalue weighted by molar-refractivity contribution is 5.73. The molecule has 0 atom stereocenters. The van der Waals surface area contributed by atoms with Crippen molar-refractivity contribution in [3.8, 4) is 5.75 Å². The molecule has 0 aromatic heterocycles. The number of carbonyl (C=O) groups excluding carboxylic acids is 1. The number of ether oxygens (including phenoxy) is 1. The van der Waals surface area contributed by atoms with E-state index in [0.717, 1.165) is 18.2 Å². The zero-order chi connectivity index (χ0) is 16.2. The van der Waals surface area contributed by atoms with E-state index in [1.165, 1.54) is 4.90 Å². The summed E-state index contributed by atoms with van der Waals surface area (Å²) in [6.45, 7) is 7.81. The minimum atomic E-state index is -0.738. The molecule has 1 rings (SSSR count). The van der Waals surface area contributed by atoms with Crippen molar-refractivity contribution in [1.29, 1.82) is 0 Å². The average Bonchev–Trinajstić information content (AvgIpc) is 2.33. The van der Waals surface area contributed by atoms with Crippen LogP contribution in [0.5, 0.6) is 5.75 Å². The summed E-state index contributed by atoms with van der Waals surface area (Å²) in [6.07, 6.45) is -0.0320. The van der Waals surface area contributed by atoms with E-state index in [1.54, 1.807) is 0 Å². The smallest absolute Gasteiger partial charge is 0.403 e. The third-order valence-corrected chi connectivity index (χ3v) is 2.79. The lowest BCUT2D eigenvalue weighted by Crippen LogP contribution is -2.47. The Morgan fingerprint density at radius 3 is 2.52 bits per heavy atom. The molecule has 0 N–H and O–H groups in total. The van der Waals surface area contributed by atoms with Crippen LogP contribution in [0.2, 0.25) is 0 Å². The van der Waals surface area contributed by atoms with Crippen LogP contribution >= 0.6 is 0 Å². The van der Waals surface area contributed by atoms with Crippen LogP contribution in [-0.2, 0) is 0 Å². The third-order valence-electron chi connectivity index (χ3n) is 2.79. The Morgan fingerprint density at radius 2 is 2.05 bits per heavy atom. The summed E-state index contributed by atoms with van der Waals surface area (Å²) in [5.41, 5.74) is -0.954. The Morgan fingerprint density at radius 1 is 1.43 bits per heavy atom. The summed E-state index contributed by atoms with van der Waals surface area (Å²) in [5.74, 6) is -1.10. The van der Waals surface area contributed by atoms with Gasteiger partial charge in [-0.25, -0.2) is 9.18 Å². The normalized spacial score (nSPS) is 11.1. The fraction of sp³-hybridized carbons (Fsp3) is 0.500. The van der Waals surface area contributed by atoms with Crippen molar-refractivity contribution in [3.05, 3.63) is 34.1 Å². The van der Waals surface area contributed by atoms with E-state index in [4.69, 9.17) is 4.74 Å². The van der Waals surface area contributed by atoms with Crippen molar-refractivity contribution < 1.29 is 18.8 Å². The minimum absolute atomic E-state index is 0.393. The highest BCUT2D eigenvalue weighted by atomic mass is 19.1. The van der Waals surface area contributed by atoms with E-state index in [1.807, 2.05) is 27.7 Å². The Hall–Kier alpha value is -2.18. The van der Waals surface area contributed by atoms with Gasteiger partial charge < -0.3 is 9.64 Å². The molecule has 0 spiro atoms. The number of hydrogen-bond acceptors (Lipinski definition) is 4. The van der Waals surface area contributed by atoms with Gasteiger partial charge in [-0.05, 0) is 33.3 Å². The van der Waals surface area contributed by atoms with E-state index in [9.17, 15) is 19.3 Å². The highest BCUT2D eigenvalue weighted by Crippen LogP contribution is 2.28. The molecular weight excluding hydrogens is 279 g/mol. The predicted molar refractivity (Wildman–Crippen MR) is 75.8 cm³/mol. The molecule has 0 unspecified atom stereocenters. The zero-order valence-corrected chi connectivity index (χ0v) is 12.6. The topological polar surface area (TPSA) is 72.7 Å². The van der Waals surface area contributed by atoms with Crippen molar-refractivity contribution >= 4 is 11.8 Å². The van der Waals surface area contributed by atoms with Gasteiger partial charge in [0, 0.05) is 24.2 Å². The molecule has 0 fully saturated rings. The van der Waals surface area contributed by atoms with Crippen molar-refractivity contribution in [3.63, 3.8) is 0 Å². The molecule has 7 heteroatoms. The molecule has 0 saturated heterocycles. The number of benzene rings is 1. The lowest BCUT2D eigenvalue weighted by Gasteiger charge is -2.34. The molecule has 6 nitrogen and oxygen atoms in total. The van der Waals surface area contributed by atoms with E-state index in [-0.39, 0.29) is 0 Å². The predicted octanol–water partition coefficient (Wildman–Crippen LogP) is 3.74. The second kappa shape index (κ2) is 6.51. The number of nitrogens with zero attached hydrogens (tertiary/aromatic N) is 2. The molecule has 0 radical (unpaired) electrons. The molecule has 1 aromatic rings. The fourth-order valence-electron chi connectivity index (χ4n) is 1.79. The molecule has 0 aliphatic carbocycles. The molecule has 1 amide bonds. The quantitative estimate of drug-likeness (QED) is 0.627. The van der Waals surface area contributed by atoms with Gasteiger partial charge >= 0.3 is 11.8 Å². The Balaban J connectivity index is 3.06. The van der Waals surface area contributed by atoms with Crippen LogP contribution in [0.25, 0.3) is 0 Å². The number of rotatable bonds is 4. The maximum atomic E-state index is 13.2. The minimum Gasteiger partial charge on any atom is -0.403 e. The van der Waals surface area contributed by atoms with Gasteiger partial charge in [-0.1, -0.05) is 6.92 Å².